The molecule has 1 N–H and O–H groups in total. The van der Waals surface area contributed by atoms with E-state index in [2.05, 4.69) is 5.32 Å². The van der Waals surface area contributed by atoms with Gasteiger partial charge in [0.1, 0.15) is 5.82 Å². The third-order valence-electron chi connectivity index (χ3n) is 3.96. The van der Waals surface area contributed by atoms with Crippen LogP contribution in [0.25, 0.3) is 10.9 Å². The average molecular weight is 359 g/mol. The van der Waals surface area contributed by atoms with Crippen LogP contribution in [-0.4, -0.2) is 22.9 Å². The molecule has 1 heterocycles. The molecule has 0 bridgehead atoms. The predicted molar refractivity (Wildman–Crippen MR) is 95.7 cm³/mol. The van der Waals surface area contributed by atoms with Gasteiger partial charge in [-0.25, -0.2) is 4.39 Å². The highest BCUT2D eigenvalue weighted by atomic mass is 35.5. The van der Waals surface area contributed by atoms with Crippen LogP contribution in [-0.2, 0) is 6.42 Å². The molecule has 0 spiro atoms. The molecule has 2 aromatic carbocycles. The first-order valence-corrected chi connectivity index (χ1v) is 8.17. The van der Waals surface area contributed by atoms with E-state index in [1.54, 1.807) is 30.3 Å². The SMILES string of the molecule is CC(=O)n1cc(C(=O)NCCc2ccc(F)cc2)c2ccc(Cl)cc21. The summed E-state index contributed by atoms with van der Waals surface area (Å²) < 4.78 is 14.3. The second-order valence-electron chi connectivity index (χ2n) is 5.73. The van der Waals surface area contributed by atoms with Crippen LogP contribution in [0.5, 0.6) is 0 Å². The third-order valence-corrected chi connectivity index (χ3v) is 4.20. The number of halogens is 2. The summed E-state index contributed by atoms with van der Waals surface area (Å²) in [5.41, 5.74) is 1.95. The zero-order valence-corrected chi connectivity index (χ0v) is 14.3. The lowest BCUT2D eigenvalue weighted by Crippen LogP contribution is -2.25. The van der Waals surface area contributed by atoms with Crippen LogP contribution in [0.1, 0.15) is 27.6 Å². The molecule has 128 valence electrons. The Labute approximate surface area is 149 Å². The van der Waals surface area contributed by atoms with Crippen LogP contribution in [0, 0.1) is 5.82 Å². The summed E-state index contributed by atoms with van der Waals surface area (Å²) in [7, 11) is 0. The second-order valence-corrected chi connectivity index (χ2v) is 6.16. The third kappa shape index (κ3) is 3.72. The lowest BCUT2D eigenvalue weighted by molar-refractivity contribution is 0.0941. The summed E-state index contributed by atoms with van der Waals surface area (Å²) in [5, 5.41) is 3.99. The number of rotatable bonds is 4. The fourth-order valence-corrected chi connectivity index (χ4v) is 2.87. The quantitative estimate of drug-likeness (QED) is 0.764. The van der Waals surface area contributed by atoms with Gasteiger partial charge < -0.3 is 5.32 Å². The number of nitrogens with zero attached hydrogens (tertiary/aromatic N) is 1. The zero-order valence-electron chi connectivity index (χ0n) is 13.6. The summed E-state index contributed by atoms with van der Waals surface area (Å²) in [6.07, 6.45) is 2.11. The standard InChI is InChI=1S/C19H16ClFN2O2/c1-12(24)23-11-17(16-7-4-14(20)10-18(16)23)19(25)22-9-8-13-2-5-15(21)6-3-13/h2-7,10-11H,8-9H2,1H3,(H,22,25). The van der Waals surface area contributed by atoms with E-state index in [-0.39, 0.29) is 17.6 Å². The maximum atomic E-state index is 12.9. The lowest BCUT2D eigenvalue weighted by atomic mass is 10.1. The van der Waals surface area contributed by atoms with Crippen molar-refractivity contribution in [2.24, 2.45) is 0 Å². The largest absolute Gasteiger partial charge is 0.352 e. The molecule has 0 atom stereocenters. The van der Waals surface area contributed by atoms with Crippen molar-refractivity contribution < 1.29 is 14.0 Å². The first-order valence-electron chi connectivity index (χ1n) is 7.80. The van der Waals surface area contributed by atoms with Gasteiger partial charge in [-0.1, -0.05) is 29.8 Å². The molecule has 4 nitrogen and oxygen atoms in total. The Hall–Kier alpha value is -2.66. The van der Waals surface area contributed by atoms with Crippen molar-refractivity contribution in [3.63, 3.8) is 0 Å². The van der Waals surface area contributed by atoms with Gasteiger partial charge in [0.2, 0.25) is 5.91 Å². The van der Waals surface area contributed by atoms with Crippen LogP contribution in [0.3, 0.4) is 0 Å². The maximum Gasteiger partial charge on any atom is 0.253 e. The minimum absolute atomic E-state index is 0.197. The van der Waals surface area contributed by atoms with Gasteiger partial charge in [-0.3, -0.25) is 14.2 Å². The van der Waals surface area contributed by atoms with Crippen molar-refractivity contribution in [3.8, 4) is 0 Å². The molecule has 0 aliphatic rings. The predicted octanol–water partition coefficient (Wildman–Crippen LogP) is 4.07. The number of nitrogens with one attached hydrogen (secondary N) is 1. The van der Waals surface area contributed by atoms with E-state index in [9.17, 15) is 14.0 Å². The van der Waals surface area contributed by atoms with E-state index in [1.165, 1.54) is 29.8 Å². The summed E-state index contributed by atoms with van der Waals surface area (Å²) >= 11 is 5.99. The highest BCUT2D eigenvalue weighted by Gasteiger charge is 2.16. The van der Waals surface area contributed by atoms with Crippen LogP contribution in [0.4, 0.5) is 4.39 Å². The van der Waals surface area contributed by atoms with E-state index in [0.29, 0.717) is 34.5 Å². The van der Waals surface area contributed by atoms with E-state index in [4.69, 9.17) is 11.6 Å². The molecule has 3 rings (SSSR count). The van der Waals surface area contributed by atoms with Gasteiger partial charge in [-0.2, -0.15) is 0 Å². The first kappa shape index (κ1) is 17.2. The van der Waals surface area contributed by atoms with Crippen molar-refractivity contribution in [3.05, 3.63) is 70.6 Å². The Morgan fingerprint density at radius 3 is 2.56 bits per heavy atom. The molecular formula is C19H16ClFN2O2. The molecule has 0 saturated heterocycles. The normalized spacial score (nSPS) is 10.8. The summed E-state index contributed by atoms with van der Waals surface area (Å²) in [4.78, 5) is 24.3. The van der Waals surface area contributed by atoms with E-state index < -0.39 is 0 Å². The molecule has 0 aliphatic heterocycles. The number of amides is 1. The van der Waals surface area contributed by atoms with Crippen LogP contribution < -0.4 is 5.32 Å². The first-order chi connectivity index (χ1) is 12.0. The van der Waals surface area contributed by atoms with Crippen LogP contribution in [0.15, 0.2) is 48.7 Å². The molecule has 1 amide bonds. The van der Waals surface area contributed by atoms with Gasteiger partial charge in [0.25, 0.3) is 5.91 Å². The molecule has 0 aliphatic carbocycles. The molecule has 0 radical (unpaired) electrons. The molecule has 0 saturated carbocycles. The highest BCUT2D eigenvalue weighted by molar-refractivity contribution is 6.31. The lowest BCUT2D eigenvalue weighted by Gasteiger charge is -2.05. The van der Waals surface area contributed by atoms with Crippen LogP contribution in [0.2, 0.25) is 5.02 Å². The van der Waals surface area contributed by atoms with E-state index >= 15 is 0 Å². The summed E-state index contributed by atoms with van der Waals surface area (Å²) in [5.74, 6) is -0.754. The van der Waals surface area contributed by atoms with Gasteiger partial charge in [-0.05, 0) is 36.2 Å². The number of carbonyl (C=O) groups excluding carboxylic acids is 2. The Kier molecular flexibility index (Phi) is 4.86. The number of fused-ring (bicyclic) bond motifs is 1. The number of hydrogen-bond acceptors (Lipinski definition) is 2. The van der Waals surface area contributed by atoms with Crippen molar-refractivity contribution in [2.45, 2.75) is 13.3 Å². The Morgan fingerprint density at radius 1 is 1.16 bits per heavy atom. The van der Waals surface area contributed by atoms with Gasteiger partial charge in [-0.15, -0.1) is 0 Å². The monoisotopic (exact) mass is 358 g/mol. The molecule has 0 fully saturated rings. The van der Waals surface area contributed by atoms with Crippen molar-refractivity contribution in [2.75, 3.05) is 6.54 Å². The van der Waals surface area contributed by atoms with Crippen LogP contribution >= 0.6 is 11.6 Å². The zero-order chi connectivity index (χ0) is 18.0. The Morgan fingerprint density at radius 2 is 1.88 bits per heavy atom. The summed E-state index contributed by atoms with van der Waals surface area (Å²) in [6, 6.07) is 11.2. The minimum Gasteiger partial charge on any atom is -0.352 e. The number of carbonyl (C=O) groups is 2. The van der Waals surface area contributed by atoms with E-state index in [0.717, 1.165) is 5.56 Å². The van der Waals surface area contributed by atoms with Crippen molar-refractivity contribution in [1.82, 2.24) is 9.88 Å². The number of aromatic nitrogens is 1. The maximum absolute atomic E-state index is 12.9. The van der Waals surface area contributed by atoms with Gasteiger partial charge >= 0.3 is 0 Å². The molecular weight excluding hydrogens is 343 g/mol. The Balaban J connectivity index is 1.77. The molecule has 1 aromatic heterocycles. The molecule has 3 aromatic rings. The minimum atomic E-state index is -0.288. The van der Waals surface area contributed by atoms with E-state index in [1.807, 2.05) is 0 Å². The molecule has 25 heavy (non-hydrogen) atoms. The second kappa shape index (κ2) is 7.07. The van der Waals surface area contributed by atoms with Gasteiger partial charge in [0.15, 0.2) is 0 Å². The van der Waals surface area contributed by atoms with Gasteiger partial charge in [0.05, 0.1) is 11.1 Å². The molecule has 0 unspecified atom stereocenters. The van der Waals surface area contributed by atoms with Crippen molar-refractivity contribution >= 4 is 34.3 Å². The number of benzene rings is 2. The number of hydrogen-bond donors (Lipinski definition) is 1. The smallest absolute Gasteiger partial charge is 0.253 e. The average Bonchev–Trinajstić information content (AvgIpc) is 2.95. The van der Waals surface area contributed by atoms with Crippen molar-refractivity contribution in [1.29, 1.82) is 0 Å². The summed E-state index contributed by atoms with van der Waals surface area (Å²) in [6.45, 7) is 1.83. The Bertz CT molecular complexity index is 948. The fourth-order valence-electron chi connectivity index (χ4n) is 2.71. The van der Waals surface area contributed by atoms with Gasteiger partial charge in [0, 0.05) is 30.1 Å². The highest BCUT2D eigenvalue weighted by Crippen LogP contribution is 2.25. The fraction of sp³-hybridized carbons (Fsp3) is 0.158. The molecule has 6 heteroatoms. The topological polar surface area (TPSA) is 51.1 Å².